The van der Waals surface area contributed by atoms with Crippen LogP contribution in [0.5, 0.6) is 6.01 Å². The lowest BCUT2D eigenvalue weighted by atomic mass is 10.1. The lowest BCUT2D eigenvalue weighted by molar-refractivity contribution is 0.101. The van der Waals surface area contributed by atoms with E-state index in [1.165, 1.54) is 47.9 Å². The number of carbonyl (C=O) groups excluding carboxylic acids is 1. The number of ketones is 1. The van der Waals surface area contributed by atoms with Crippen LogP contribution in [-0.2, 0) is 10.0 Å². The molecule has 138 valence electrons. The van der Waals surface area contributed by atoms with Crippen LogP contribution in [-0.4, -0.2) is 47.7 Å². The van der Waals surface area contributed by atoms with Gasteiger partial charge in [0.05, 0.1) is 28.9 Å². The van der Waals surface area contributed by atoms with Gasteiger partial charge in [0.15, 0.2) is 5.78 Å². The Bertz CT molecular complexity index is 885. The van der Waals surface area contributed by atoms with E-state index in [0.717, 1.165) is 0 Å². The van der Waals surface area contributed by atoms with Crippen molar-refractivity contribution in [2.45, 2.75) is 30.8 Å². The van der Waals surface area contributed by atoms with E-state index in [4.69, 9.17) is 16.3 Å². The number of carbonyl (C=O) groups is 1. The molecule has 0 amide bonds. The predicted molar refractivity (Wildman–Crippen MR) is 95.9 cm³/mol. The van der Waals surface area contributed by atoms with Crippen LogP contribution in [0.2, 0.25) is 5.02 Å². The van der Waals surface area contributed by atoms with E-state index in [2.05, 4.69) is 9.97 Å². The number of nitrogens with zero attached hydrogens (tertiary/aromatic N) is 3. The first-order valence-electron chi connectivity index (χ1n) is 8.11. The number of hydrogen-bond donors (Lipinski definition) is 0. The van der Waals surface area contributed by atoms with Gasteiger partial charge in [-0.2, -0.15) is 4.31 Å². The highest BCUT2D eigenvalue weighted by Gasteiger charge is 2.31. The molecule has 1 fully saturated rings. The van der Waals surface area contributed by atoms with Gasteiger partial charge < -0.3 is 4.74 Å². The summed E-state index contributed by atoms with van der Waals surface area (Å²) in [5.41, 5.74) is 0.476. The van der Waals surface area contributed by atoms with E-state index in [9.17, 15) is 13.2 Å². The topological polar surface area (TPSA) is 89.5 Å². The number of aromatic nitrogens is 2. The molecule has 0 radical (unpaired) electrons. The van der Waals surface area contributed by atoms with Gasteiger partial charge in [0.2, 0.25) is 10.0 Å². The summed E-state index contributed by atoms with van der Waals surface area (Å²) in [7, 11) is -3.66. The Labute approximate surface area is 157 Å². The molecule has 1 aromatic carbocycles. The number of halogens is 1. The molecule has 1 atom stereocenters. The molecule has 26 heavy (non-hydrogen) atoms. The molecule has 1 unspecified atom stereocenters. The van der Waals surface area contributed by atoms with Gasteiger partial charge in [-0.3, -0.25) is 4.79 Å². The van der Waals surface area contributed by atoms with Gasteiger partial charge in [-0.1, -0.05) is 23.7 Å². The first kappa shape index (κ1) is 18.8. The zero-order valence-corrected chi connectivity index (χ0v) is 15.7. The van der Waals surface area contributed by atoms with Crippen LogP contribution in [0.3, 0.4) is 0 Å². The van der Waals surface area contributed by atoms with Crippen molar-refractivity contribution in [3.8, 4) is 6.01 Å². The van der Waals surface area contributed by atoms with Gasteiger partial charge in [0.1, 0.15) is 6.10 Å². The molecule has 1 aromatic heterocycles. The molecule has 0 spiro atoms. The average Bonchev–Trinajstić information content (AvgIpc) is 2.64. The van der Waals surface area contributed by atoms with Crippen molar-refractivity contribution in [2.24, 2.45) is 0 Å². The zero-order chi connectivity index (χ0) is 18.7. The molecule has 0 saturated carbocycles. The molecule has 7 nitrogen and oxygen atoms in total. The maximum Gasteiger partial charge on any atom is 0.316 e. The van der Waals surface area contributed by atoms with Gasteiger partial charge in [-0.25, -0.2) is 18.4 Å². The zero-order valence-electron chi connectivity index (χ0n) is 14.1. The van der Waals surface area contributed by atoms with Crippen LogP contribution in [0, 0.1) is 0 Å². The summed E-state index contributed by atoms with van der Waals surface area (Å²) < 4.78 is 32.8. The molecule has 0 bridgehead atoms. The second-order valence-electron chi connectivity index (χ2n) is 6.01. The molecular weight excluding hydrogens is 378 g/mol. The lowest BCUT2D eigenvalue weighted by Crippen LogP contribution is -2.44. The van der Waals surface area contributed by atoms with Crippen LogP contribution in [0.25, 0.3) is 0 Å². The van der Waals surface area contributed by atoms with E-state index in [-0.39, 0.29) is 29.3 Å². The van der Waals surface area contributed by atoms with E-state index >= 15 is 0 Å². The Morgan fingerprint density at radius 1 is 1.23 bits per heavy atom. The quantitative estimate of drug-likeness (QED) is 0.723. The summed E-state index contributed by atoms with van der Waals surface area (Å²) in [5, 5.41) is 0.402. The number of Topliss-reactive ketones (excluding diaryl/α,β-unsaturated/α-hetero) is 1. The van der Waals surface area contributed by atoms with E-state index in [0.29, 0.717) is 30.0 Å². The van der Waals surface area contributed by atoms with Crippen molar-refractivity contribution in [1.29, 1.82) is 0 Å². The van der Waals surface area contributed by atoms with Crippen molar-refractivity contribution in [2.75, 3.05) is 13.1 Å². The summed E-state index contributed by atoms with van der Waals surface area (Å²) in [6.07, 6.45) is 3.90. The van der Waals surface area contributed by atoms with Crippen LogP contribution in [0.1, 0.15) is 30.1 Å². The van der Waals surface area contributed by atoms with Crippen LogP contribution in [0.15, 0.2) is 41.6 Å². The minimum Gasteiger partial charge on any atom is -0.459 e. The number of hydrogen-bond acceptors (Lipinski definition) is 6. The summed E-state index contributed by atoms with van der Waals surface area (Å²) in [6.45, 7) is 2.07. The van der Waals surface area contributed by atoms with E-state index in [1.807, 2.05) is 0 Å². The highest BCUT2D eigenvalue weighted by atomic mass is 35.5. The van der Waals surface area contributed by atoms with E-state index < -0.39 is 10.0 Å². The number of sulfonamides is 1. The SMILES string of the molecule is CC(=O)c1ccc(S(=O)(=O)N2CCCC(Oc3ncc(Cl)cn3)C2)cc1. The Kier molecular flexibility index (Phi) is 5.55. The fourth-order valence-corrected chi connectivity index (χ4v) is 4.35. The Hall–Kier alpha value is -2.03. The molecule has 0 N–H and O–H groups in total. The highest BCUT2D eigenvalue weighted by Crippen LogP contribution is 2.23. The van der Waals surface area contributed by atoms with Gasteiger partial charge >= 0.3 is 6.01 Å². The normalized spacial score (nSPS) is 18.5. The highest BCUT2D eigenvalue weighted by molar-refractivity contribution is 7.89. The van der Waals surface area contributed by atoms with Crippen LogP contribution >= 0.6 is 11.6 Å². The smallest absolute Gasteiger partial charge is 0.316 e. The average molecular weight is 396 g/mol. The Morgan fingerprint density at radius 2 is 1.88 bits per heavy atom. The van der Waals surface area contributed by atoms with Crippen molar-refractivity contribution in [1.82, 2.24) is 14.3 Å². The maximum absolute atomic E-state index is 12.8. The molecule has 1 saturated heterocycles. The molecule has 2 heterocycles. The predicted octanol–water partition coefficient (Wildman–Crippen LogP) is 2.56. The van der Waals surface area contributed by atoms with Gasteiger partial charge in [-0.05, 0) is 31.9 Å². The van der Waals surface area contributed by atoms with Crippen molar-refractivity contribution in [3.05, 3.63) is 47.2 Å². The maximum atomic E-state index is 12.8. The van der Waals surface area contributed by atoms with Crippen molar-refractivity contribution < 1.29 is 17.9 Å². The summed E-state index contributed by atoms with van der Waals surface area (Å²) in [6, 6.07) is 6.13. The molecular formula is C17H18ClN3O4S. The Balaban J connectivity index is 1.73. The largest absolute Gasteiger partial charge is 0.459 e. The number of ether oxygens (including phenoxy) is 1. The summed E-state index contributed by atoms with van der Waals surface area (Å²) in [5.74, 6) is -0.108. The molecule has 0 aliphatic carbocycles. The third kappa shape index (κ3) is 4.20. The first-order chi connectivity index (χ1) is 12.4. The second kappa shape index (κ2) is 7.69. The summed E-state index contributed by atoms with van der Waals surface area (Å²) in [4.78, 5) is 19.5. The lowest BCUT2D eigenvalue weighted by Gasteiger charge is -2.31. The minimum absolute atomic E-state index is 0.108. The minimum atomic E-state index is -3.66. The fraction of sp³-hybridized carbons (Fsp3) is 0.353. The number of rotatable bonds is 5. The van der Waals surface area contributed by atoms with Crippen LogP contribution in [0.4, 0.5) is 0 Å². The van der Waals surface area contributed by atoms with Gasteiger partial charge in [-0.15, -0.1) is 0 Å². The number of benzene rings is 1. The van der Waals surface area contributed by atoms with Gasteiger partial charge in [0, 0.05) is 12.1 Å². The first-order valence-corrected chi connectivity index (χ1v) is 9.93. The van der Waals surface area contributed by atoms with Crippen molar-refractivity contribution >= 4 is 27.4 Å². The molecule has 1 aliphatic rings. The fourth-order valence-electron chi connectivity index (χ4n) is 2.74. The third-order valence-electron chi connectivity index (χ3n) is 4.11. The molecule has 9 heteroatoms. The molecule has 3 rings (SSSR count). The van der Waals surface area contributed by atoms with E-state index in [1.54, 1.807) is 0 Å². The molecule has 1 aliphatic heterocycles. The summed E-state index contributed by atoms with van der Waals surface area (Å²) >= 11 is 5.75. The number of piperidine rings is 1. The standard InChI is InChI=1S/C17H18ClN3O4S/c1-12(22)13-4-6-16(7-5-13)26(23,24)21-8-2-3-15(11-21)25-17-19-9-14(18)10-20-17/h4-7,9-10,15H,2-3,8,11H2,1H3. The third-order valence-corrected chi connectivity index (χ3v) is 6.18. The van der Waals surface area contributed by atoms with Crippen LogP contribution < -0.4 is 4.74 Å². The van der Waals surface area contributed by atoms with Crippen molar-refractivity contribution in [3.63, 3.8) is 0 Å². The Morgan fingerprint density at radius 3 is 2.50 bits per heavy atom. The molecule has 2 aromatic rings. The van der Waals surface area contributed by atoms with Gasteiger partial charge in [0.25, 0.3) is 0 Å². The monoisotopic (exact) mass is 395 g/mol. The second-order valence-corrected chi connectivity index (χ2v) is 8.38.